The molecule has 0 N–H and O–H groups in total. The van der Waals surface area contributed by atoms with Gasteiger partial charge in [0.15, 0.2) is 0 Å². The van der Waals surface area contributed by atoms with Gasteiger partial charge < -0.3 is 4.74 Å². The lowest BCUT2D eigenvalue weighted by Gasteiger charge is -2.58. The summed E-state index contributed by atoms with van der Waals surface area (Å²) < 4.78 is 6.15. The van der Waals surface area contributed by atoms with Crippen LogP contribution in [0.3, 0.4) is 0 Å². The minimum atomic E-state index is 0.116. The summed E-state index contributed by atoms with van der Waals surface area (Å²) in [4.78, 5) is 12.8. The largest absolute Gasteiger partial charge is 0.462 e. The van der Waals surface area contributed by atoms with E-state index in [9.17, 15) is 4.79 Å². The molecule has 4 fully saturated rings. The van der Waals surface area contributed by atoms with Crippen LogP contribution in [0, 0.1) is 52.3 Å². The third-order valence-corrected chi connectivity index (χ3v) is 12.5. The molecule has 0 amide bonds. The third-order valence-electron chi connectivity index (χ3n) is 12.5. The highest BCUT2D eigenvalue weighted by molar-refractivity contribution is 5.72. The van der Waals surface area contributed by atoms with E-state index in [2.05, 4.69) is 40.7 Å². The average Bonchev–Trinajstić information content (AvgIpc) is 3.22. The molecule has 0 radical (unpaired) electrons. The summed E-state index contributed by atoms with van der Waals surface area (Å²) in [5.41, 5.74) is 2.56. The molecule has 0 aromatic rings. The van der Waals surface area contributed by atoms with E-state index < -0.39 is 0 Å². The summed E-state index contributed by atoms with van der Waals surface area (Å²) in [6.07, 6.45) is 23.2. The second-order valence-corrected chi connectivity index (χ2v) is 14.9. The molecular weight excluding hydrogens is 440 g/mol. The summed E-state index contributed by atoms with van der Waals surface area (Å²) >= 11 is 0. The van der Waals surface area contributed by atoms with Crippen LogP contribution in [0.4, 0.5) is 0 Å². The number of allylic oxidation sites excluding steroid dienone is 1. The number of esters is 1. The number of ether oxygens (including phenoxy) is 1. The normalized spacial score (nSPS) is 41.7. The van der Waals surface area contributed by atoms with Gasteiger partial charge in [0, 0.05) is 6.42 Å². The van der Waals surface area contributed by atoms with Gasteiger partial charge in [0.2, 0.25) is 0 Å². The van der Waals surface area contributed by atoms with Gasteiger partial charge in [-0.2, -0.15) is 0 Å². The zero-order valence-corrected chi connectivity index (χ0v) is 24.3. The molecule has 0 bridgehead atoms. The van der Waals surface area contributed by atoms with Crippen molar-refractivity contribution >= 4 is 5.97 Å². The molecule has 4 saturated carbocycles. The van der Waals surface area contributed by atoms with Crippen molar-refractivity contribution < 1.29 is 9.53 Å². The van der Waals surface area contributed by atoms with Crippen molar-refractivity contribution in [2.24, 2.45) is 52.3 Å². The van der Waals surface area contributed by atoms with Crippen LogP contribution in [0.15, 0.2) is 11.6 Å². The van der Waals surface area contributed by atoms with Gasteiger partial charge in [-0.25, -0.2) is 0 Å². The molecule has 2 nitrogen and oxygen atoms in total. The Bertz CT molecular complexity index is 806. The summed E-state index contributed by atoms with van der Waals surface area (Å²) in [5.74, 6) is 5.60. The van der Waals surface area contributed by atoms with E-state index in [4.69, 9.17) is 4.74 Å². The Morgan fingerprint density at radius 1 is 0.944 bits per heavy atom. The summed E-state index contributed by atoms with van der Waals surface area (Å²) in [5, 5.41) is 0. The summed E-state index contributed by atoms with van der Waals surface area (Å²) in [7, 11) is 0. The second kappa shape index (κ2) is 10.8. The quantitative estimate of drug-likeness (QED) is 0.259. The van der Waals surface area contributed by atoms with Gasteiger partial charge in [0.25, 0.3) is 0 Å². The van der Waals surface area contributed by atoms with Crippen LogP contribution in [0.1, 0.15) is 137 Å². The fourth-order valence-corrected chi connectivity index (χ4v) is 10.4. The zero-order valence-electron chi connectivity index (χ0n) is 24.3. The first kappa shape index (κ1) is 26.8. The van der Waals surface area contributed by atoms with Crippen LogP contribution in [-0.4, -0.2) is 12.1 Å². The van der Waals surface area contributed by atoms with Crippen LogP contribution in [-0.2, 0) is 9.53 Å². The van der Waals surface area contributed by atoms with Gasteiger partial charge in [-0.1, -0.05) is 84.8 Å². The molecule has 5 aliphatic carbocycles. The minimum Gasteiger partial charge on any atom is -0.462 e. The second-order valence-electron chi connectivity index (χ2n) is 14.9. The predicted molar refractivity (Wildman–Crippen MR) is 150 cm³/mol. The maximum absolute atomic E-state index is 12.8. The molecule has 0 saturated heterocycles. The average molecular weight is 497 g/mol. The maximum atomic E-state index is 12.8. The minimum absolute atomic E-state index is 0.116. The molecule has 8 atom stereocenters. The van der Waals surface area contributed by atoms with Crippen LogP contribution >= 0.6 is 0 Å². The first-order valence-electron chi connectivity index (χ1n) is 16.1. The molecule has 0 heterocycles. The van der Waals surface area contributed by atoms with Crippen molar-refractivity contribution in [3.05, 3.63) is 11.6 Å². The molecule has 0 aliphatic heterocycles. The molecule has 36 heavy (non-hydrogen) atoms. The van der Waals surface area contributed by atoms with Gasteiger partial charge in [-0.05, 0) is 104 Å². The van der Waals surface area contributed by atoms with Crippen molar-refractivity contribution in [2.45, 2.75) is 143 Å². The van der Waals surface area contributed by atoms with Crippen molar-refractivity contribution in [1.82, 2.24) is 0 Å². The fraction of sp³-hybridized carbons (Fsp3) is 0.912. The Kier molecular flexibility index (Phi) is 8.01. The lowest BCUT2D eigenvalue weighted by Crippen LogP contribution is -2.51. The van der Waals surface area contributed by atoms with E-state index in [1.54, 1.807) is 5.57 Å². The summed E-state index contributed by atoms with van der Waals surface area (Å²) in [6, 6.07) is 0. The van der Waals surface area contributed by atoms with Crippen LogP contribution < -0.4 is 0 Å². The lowest BCUT2D eigenvalue weighted by molar-refractivity contribution is -0.157. The highest BCUT2D eigenvalue weighted by Crippen LogP contribution is 2.67. The van der Waals surface area contributed by atoms with E-state index in [0.29, 0.717) is 10.8 Å². The molecule has 0 spiro atoms. The van der Waals surface area contributed by atoms with E-state index >= 15 is 0 Å². The van der Waals surface area contributed by atoms with Crippen molar-refractivity contribution in [1.29, 1.82) is 0 Å². The Morgan fingerprint density at radius 3 is 2.47 bits per heavy atom. The van der Waals surface area contributed by atoms with Crippen LogP contribution in [0.2, 0.25) is 0 Å². The van der Waals surface area contributed by atoms with Crippen molar-refractivity contribution in [3.8, 4) is 0 Å². The molecule has 5 aliphatic rings. The topological polar surface area (TPSA) is 26.3 Å². The highest BCUT2D eigenvalue weighted by Gasteiger charge is 2.59. The molecule has 0 unspecified atom stereocenters. The molecule has 0 aromatic heterocycles. The molecule has 204 valence electrons. The van der Waals surface area contributed by atoms with Crippen LogP contribution in [0.5, 0.6) is 0 Å². The lowest BCUT2D eigenvalue weighted by atomic mass is 9.47. The molecule has 0 aromatic carbocycles. The van der Waals surface area contributed by atoms with Gasteiger partial charge in [0.05, 0.1) is 5.92 Å². The van der Waals surface area contributed by atoms with Gasteiger partial charge in [0.1, 0.15) is 6.10 Å². The Hall–Kier alpha value is -0.790. The van der Waals surface area contributed by atoms with Crippen molar-refractivity contribution in [2.75, 3.05) is 0 Å². The van der Waals surface area contributed by atoms with Crippen LogP contribution in [0.25, 0.3) is 0 Å². The van der Waals surface area contributed by atoms with Gasteiger partial charge in [-0.3, -0.25) is 4.79 Å². The van der Waals surface area contributed by atoms with Gasteiger partial charge in [-0.15, -0.1) is 0 Å². The molecule has 2 heteroatoms. The van der Waals surface area contributed by atoms with E-state index in [1.165, 1.54) is 77.0 Å². The Morgan fingerprint density at radius 2 is 1.72 bits per heavy atom. The monoisotopic (exact) mass is 496 g/mol. The fourth-order valence-electron chi connectivity index (χ4n) is 10.4. The number of carbonyl (C=O) groups excluding carboxylic acids is 1. The first-order valence-corrected chi connectivity index (χ1v) is 16.1. The third kappa shape index (κ3) is 4.98. The number of fused-ring (bicyclic) bond motifs is 5. The molecule has 5 rings (SSSR count). The Balaban J connectivity index is 1.23. The number of hydrogen-bond acceptors (Lipinski definition) is 2. The first-order chi connectivity index (χ1) is 17.2. The Labute approximate surface area is 222 Å². The summed E-state index contributed by atoms with van der Waals surface area (Å²) in [6.45, 7) is 12.6. The number of carbonyl (C=O) groups is 1. The maximum Gasteiger partial charge on any atom is 0.309 e. The number of hydrogen-bond donors (Lipinski definition) is 0. The van der Waals surface area contributed by atoms with Crippen molar-refractivity contribution in [3.63, 3.8) is 0 Å². The van der Waals surface area contributed by atoms with E-state index in [-0.39, 0.29) is 18.0 Å². The van der Waals surface area contributed by atoms with Gasteiger partial charge >= 0.3 is 5.97 Å². The predicted octanol–water partition coefficient (Wildman–Crippen LogP) is 9.52. The smallest absolute Gasteiger partial charge is 0.309 e. The highest BCUT2D eigenvalue weighted by atomic mass is 16.5. The van der Waals surface area contributed by atoms with E-state index in [1.807, 2.05) is 0 Å². The number of rotatable bonds is 7. The van der Waals surface area contributed by atoms with E-state index in [0.717, 1.165) is 61.2 Å². The molecular formula is C34H56O2. The standard InChI is InChI=1S/C34H56O2/c1-23(2)10-9-11-24(3)29-16-17-30-28-15-14-26-22-27(36-32(35)25-12-7-6-8-13-25)18-20-33(26,4)31(28)19-21-34(29,30)5/h14,23-25,27-31H,6-13,15-22H2,1-5H3/t24-,27+,28+,29-,30+,31+,33+,34-/m1/s1. The SMILES string of the molecule is CC(C)CCC[C@@H](C)[C@H]1CC[C@H]2[C@@H]3CC=C4C[C@@H](OC(=O)C5CCCCC5)CC[C@]4(C)[C@H]3CC[C@]12C. The zero-order chi connectivity index (χ0) is 25.5.